The molecule has 2 atom stereocenters. The molecule has 1 aromatic rings. The first-order valence-corrected chi connectivity index (χ1v) is 7.97. The number of fused-ring (bicyclic) bond motifs is 1. The van der Waals surface area contributed by atoms with Gasteiger partial charge in [-0.3, -0.25) is 4.79 Å². The summed E-state index contributed by atoms with van der Waals surface area (Å²) in [5.74, 6) is -0.617. The SMILES string of the molecule is CCOC(O)c1cccc2c1OB(O)[C@@H](NC(=O)CCC(C)=O)C2. The van der Waals surface area contributed by atoms with Gasteiger partial charge in [-0.15, -0.1) is 0 Å². The molecule has 0 aromatic heterocycles. The fourth-order valence-electron chi connectivity index (χ4n) is 2.58. The lowest BCUT2D eigenvalue weighted by Gasteiger charge is -2.30. The molecule has 130 valence electrons. The Kier molecular flexibility index (Phi) is 6.36. The highest BCUT2D eigenvalue weighted by Gasteiger charge is 2.37. The van der Waals surface area contributed by atoms with E-state index in [1.807, 2.05) is 0 Å². The largest absolute Gasteiger partial charge is 0.547 e. The first-order chi connectivity index (χ1) is 11.4. The van der Waals surface area contributed by atoms with Crippen LogP contribution in [0.4, 0.5) is 0 Å². The molecule has 1 heterocycles. The number of aliphatic hydroxyl groups is 1. The third-order valence-electron chi connectivity index (χ3n) is 3.79. The standard InChI is InChI=1S/C16H22BNO6/c1-3-23-16(21)12-6-4-5-11-9-13(17(22)24-15(11)12)18-14(20)8-7-10(2)19/h4-6,13,16,21-22H,3,7-9H2,1-2H3,(H,18,20)/t13-,16?/m0/s1. The molecule has 1 amide bonds. The summed E-state index contributed by atoms with van der Waals surface area (Å²) in [6, 6.07) is 5.22. The number of hydrogen-bond acceptors (Lipinski definition) is 6. The summed E-state index contributed by atoms with van der Waals surface area (Å²) in [4.78, 5) is 22.8. The number of carbonyl (C=O) groups is 2. The lowest BCUT2D eigenvalue weighted by molar-refractivity contribution is -0.124. The van der Waals surface area contributed by atoms with Crippen molar-refractivity contribution in [3.8, 4) is 5.75 Å². The van der Waals surface area contributed by atoms with E-state index in [4.69, 9.17) is 9.39 Å². The highest BCUT2D eigenvalue weighted by molar-refractivity contribution is 6.46. The number of Topliss-reactive ketones (excluding diaryl/α,β-unsaturated/α-hetero) is 1. The fraction of sp³-hybridized carbons (Fsp3) is 0.500. The average Bonchev–Trinajstić information content (AvgIpc) is 2.53. The Balaban J connectivity index is 2.09. The van der Waals surface area contributed by atoms with Crippen LogP contribution >= 0.6 is 0 Å². The van der Waals surface area contributed by atoms with Crippen LogP contribution in [0.2, 0.25) is 0 Å². The van der Waals surface area contributed by atoms with Gasteiger partial charge >= 0.3 is 7.12 Å². The van der Waals surface area contributed by atoms with Gasteiger partial charge in [0.15, 0.2) is 6.29 Å². The third kappa shape index (κ3) is 4.56. The van der Waals surface area contributed by atoms with E-state index in [-0.39, 0.29) is 24.5 Å². The number of benzene rings is 1. The van der Waals surface area contributed by atoms with Gasteiger partial charge in [-0.25, -0.2) is 0 Å². The Morgan fingerprint density at radius 1 is 1.46 bits per heavy atom. The normalized spacial score (nSPS) is 17.7. The Morgan fingerprint density at radius 2 is 2.21 bits per heavy atom. The average molecular weight is 335 g/mol. The van der Waals surface area contributed by atoms with Crippen LogP contribution in [0.3, 0.4) is 0 Å². The Labute approximate surface area is 141 Å². The number of hydrogen-bond donors (Lipinski definition) is 3. The molecule has 0 aliphatic carbocycles. The number of para-hydroxylation sites is 1. The van der Waals surface area contributed by atoms with Gasteiger partial charge in [-0.05, 0) is 25.8 Å². The lowest BCUT2D eigenvalue weighted by atomic mass is 9.72. The van der Waals surface area contributed by atoms with Gasteiger partial charge in [-0.1, -0.05) is 18.2 Å². The zero-order valence-corrected chi connectivity index (χ0v) is 13.8. The summed E-state index contributed by atoms with van der Waals surface area (Å²) >= 11 is 0. The molecule has 7 nitrogen and oxygen atoms in total. The number of carbonyl (C=O) groups excluding carboxylic acids is 2. The summed E-state index contributed by atoms with van der Waals surface area (Å²) in [5, 5.41) is 22.8. The molecule has 0 radical (unpaired) electrons. The molecule has 1 aliphatic heterocycles. The van der Waals surface area contributed by atoms with Crippen LogP contribution < -0.4 is 9.97 Å². The van der Waals surface area contributed by atoms with E-state index in [2.05, 4.69) is 5.32 Å². The minimum atomic E-state index is -1.24. The molecule has 3 N–H and O–H groups in total. The number of ketones is 1. The number of aliphatic hydroxyl groups excluding tert-OH is 1. The molecular weight excluding hydrogens is 313 g/mol. The van der Waals surface area contributed by atoms with E-state index < -0.39 is 19.3 Å². The number of rotatable bonds is 7. The van der Waals surface area contributed by atoms with E-state index in [9.17, 15) is 19.7 Å². The van der Waals surface area contributed by atoms with Crippen molar-refractivity contribution in [3.05, 3.63) is 29.3 Å². The topological polar surface area (TPSA) is 105 Å². The highest BCUT2D eigenvalue weighted by atomic mass is 16.6. The first kappa shape index (κ1) is 18.4. The summed E-state index contributed by atoms with van der Waals surface area (Å²) < 4.78 is 10.7. The Morgan fingerprint density at radius 3 is 2.88 bits per heavy atom. The maximum Gasteiger partial charge on any atom is 0.547 e. The molecule has 0 saturated carbocycles. The predicted molar refractivity (Wildman–Crippen MR) is 87.2 cm³/mol. The molecule has 24 heavy (non-hydrogen) atoms. The van der Waals surface area contributed by atoms with Gasteiger partial charge < -0.3 is 29.6 Å². The number of nitrogens with one attached hydrogen (secondary N) is 1. The van der Waals surface area contributed by atoms with Crippen LogP contribution in [0, 0.1) is 0 Å². The molecule has 0 spiro atoms. The van der Waals surface area contributed by atoms with Crippen LogP contribution in [0.15, 0.2) is 18.2 Å². The minimum absolute atomic E-state index is 0.0644. The fourth-order valence-corrected chi connectivity index (χ4v) is 2.58. The predicted octanol–water partition coefficient (Wildman–Crippen LogP) is 0.523. The van der Waals surface area contributed by atoms with Crippen molar-refractivity contribution in [2.45, 2.75) is 45.3 Å². The lowest BCUT2D eigenvalue weighted by Crippen LogP contribution is -2.53. The quantitative estimate of drug-likeness (QED) is 0.496. The maximum atomic E-state index is 11.8. The van der Waals surface area contributed by atoms with E-state index in [1.54, 1.807) is 25.1 Å². The van der Waals surface area contributed by atoms with Gasteiger partial charge in [0.25, 0.3) is 0 Å². The molecule has 0 saturated heterocycles. The van der Waals surface area contributed by atoms with Crippen LogP contribution in [-0.4, -0.2) is 41.5 Å². The molecule has 1 aliphatic rings. The van der Waals surface area contributed by atoms with Crippen LogP contribution in [-0.2, 0) is 20.7 Å². The maximum absolute atomic E-state index is 11.8. The van der Waals surface area contributed by atoms with E-state index in [0.717, 1.165) is 5.56 Å². The molecule has 8 heteroatoms. The second-order valence-corrected chi connectivity index (χ2v) is 5.73. The third-order valence-corrected chi connectivity index (χ3v) is 3.79. The zero-order valence-electron chi connectivity index (χ0n) is 13.8. The summed E-state index contributed by atoms with van der Waals surface area (Å²) in [6.45, 7) is 3.52. The molecular formula is C16H22BNO6. The van der Waals surface area contributed by atoms with Crippen LogP contribution in [0.25, 0.3) is 0 Å². The summed E-state index contributed by atoms with van der Waals surface area (Å²) in [5.41, 5.74) is 1.20. The minimum Gasteiger partial charge on any atom is -0.534 e. The summed E-state index contributed by atoms with van der Waals surface area (Å²) in [6.07, 6.45) is -0.542. The molecule has 1 unspecified atom stereocenters. The van der Waals surface area contributed by atoms with Crippen molar-refractivity contribution in [2.24, 2.45) is 0 Å². The van der Waals surface area contributed by atoms with Crippen molar-refractivity contribution in [1.82, 2.24) is 5.32 Å². The van der Waals surface area contributed by atoms with Gasteiger partial charge in [0.1, 0.15) is 11.5 Å². The zero-order chi connectivity index (χ0) is 17.7. The van der Waals surface area contributed by atoms with Gasteiger partial charge in [0.2, 0.25) is 5.91 Å². The van der Waals surface area contributed by atoms with E-state index in [0.29, 0.717) is 24.3 Å². The summed E-state index contributed by atoms with van der Waals surface area (Å²) in [7, 11) is -1.24. The molecule has 2 rings (SSSR count). The van der Waals surface area contributed by atoms with Crippen molar-refractivity contribution in [3.63, 3.8) is 0 Å². The highest BCUT2D eigenvalue weighted by Crippen LogP contribution is 2.34. The molecule has 0 bridgehead atoms. The van der Waals surface area contributed by atoms with Crippen molar-refractivity contribution in [1.29, 1.82) is 0 Å². The number of amides is 1. The second-order valence-electron chi connectivity index (χ2n) is 5.73. The van der Waals surface area contributed by atoms with Crippen molar-refractivity contribution >= 4 is 18.8 Å². The molecule has 0 fully saturated rings. The Bertz CT molecular complexity index is 608. The van der Waals surface area contributed by atoms with Crippen molar-refractivity contribution in [2.75, 3.05) is 6.61 Å². The van der Waals surface area contributed by atoms with Gasteiger partial charge in [0, 0.05) is 25.0 Å². The van der Waals surface area contributed by atoms with Crippen LogP contribution in [0.1, 0.15) is 44.1 Å². The number of ether oxygens (including phenoxy) is 1. The smallest absolute Gasteiger partial charge is 0.534 e. The van der Waals surface area contributed by atoms with E-state index in [1.165, 1.54) is 6.92 Å². The monoisotopic (exact) mass is 335 g/mol. The van der Waals surface area contributed by atoms with E-state index >= 15 is 0 Å². The van der Waals surface area contributed by atoms with Gasteiger partial charge in [-0.2, -0.15) is 0 Å². The van der Waals surface area contributed by atoms with Crippen LogP contribution in [0.5, 0.6) is 5.75 Å². The van der Waals surface area contributed by atoms with Gasteiger partial charge in [0.05, 0.1) is 5.94 Å². The first-order valence-electron chi connectivity index (χ1n) is 7.97. The molecule has 1 aromatic carbocycles. The Hall–Kier alpha value is -1.90. The second kappa shape index (κ2) is 8.28. The van der Waals surface area contributed by atoms with Crippen molar-refractivity contribution < 1.29 is 29.1 Å².